The molecule has 0 aromatic heterocycles. The fourth-order valence-electron chi connectivity index (χ4n) is 1.50. The summed E-state index contributed by atoms with van der Waals surface area (Å²) in [4.78, 5) is 0. The van der Waals surface area contributed by atoms with Gasteiger partial charge in [0.2, 0.25) is 0 Å². The van der Waals surface area contributed by atoms with Crippen molar-refractivity contribution in [2.45, 2.75) is 26.8 Å². The molecule has 1 aromatic rings. The lowest BCUT2D eigenvalue weighted by molar-refractivity contribution is 0.0992. The van der Waals surface area contributed by atoms with Gasteiger partial charge in [0.25, 0.3) is 0 Å². The average Bonchev–Trinajstić information content (AvgIpc) is 2.38. The molecule has 0 fully saturated rings. The third-order valence-corrected chi connectivity index (χ3v) is 2.41. The van der Waals surface area contributed by atoms with Crippen LogP contribution in [0.5, 0.6) is 5.75 Å². The molecule has 0 atom stereocenters. The van der Waals surface area contributed by atoms with E-state index in [0.717, 1.165) is 18.5 Å². The van der Waals surface area contributed by atoms with Crippen molar-refractivity contribution in [3.8, 4) is 5.75 Å². The van der Waals surface area contributed by atoms with Crippen LogP contribution in [0.15, 0.2) is 18.2 Å². The average molecular weight is 255 g/mol. The van der Waals surface area contributed by atoms with E-state index in [-0.39, 0.29) is 11.6 Å². The highest BCUT2D eigenvalue weighted by molar-refractivity contribution is 5.29. The maximum Gasteiger partial charge on any atom is 0.165 e. The first kappa shape index (κ1) is 14.9. The molecule has 0 unspecified atom stereocenters. The van der Waals surface area contributed by atoms with Crippen molar-refractivity contribution in [3.63, 3.8) is 0 Å². The molecule has 1 rings (SSSR count). The maximum atomic E-state index is 13.7. The number of nitrogens with one attached hydrogen (secondary N) is 1. The molecule has 0 aliphatic rings. The Morgan fingerprint density at radius 3 is 2.67 bits per heavy atom. The summed E-state index contributed by atoms with van der Waals surface area (Å²) in [5.74, 6) is -0.0313. The minimum absolute atomic E-state index is 0.287. The standard InChI is InChI=1S/C14H22FNO2/c1-3-7-17-8-9-18-14-6-5-12(10-13(14)15)11-16-4-2/h5-6,10,16H,3-4,7-9,11H2,1-2H3. The molecule has 0 saturated carbocycles. The van der Waals surface area contributed by atoms with Crippen molar-refractivity contribution >= 4 is 0 Å². The van der Waals surface area contributed by atoms with Gasteiger partial charge in [-0.2, -0.15) is 0 Å². The lowest BCUT2D eigenvalue weighted by atomic mass is 10.2. The van der Waals surface area contributed by atoms with Crippen molar-refractivity contribution in [1.29, 1.82) is 0 Å². The molecule has 1 aromatic carbocycles. The molecule has 3 nitrogen and oxygen atoms in total. The molecular weight excluding hydrogens is 233 g/mol. The van der Waals surface area contributed by atoms with Gasteiger partial charge in [-0.1, -0.05) is 19.9 Å². The maximum absolute atomic E-state index is 13.7. The monoisotopic (exact) mass is 255 g/mol. The summed E-state index contributed by atoms with van der Waals surface area (Å²) in [7, 11) is 0. The normalized spacial score (nSPS) is 10.6. The Balaban J connectivity index is 2.37. The van der Waals surface area contributed by atoms with E-state index in [1.807, 2.05) is 19.9 Å². The molecule has 0 heterocycles. The van der Waals surface area contributed by atoms with Gasteiger partial charge in [-0.15, -0.1) is 0 Å². The van der Waals surface area contributed by atoms with E-state index in [4.69, 9.17) is 9.47 Å². The second-order valence-corrected chi connectivity index (χ2v) is 4.01. The molecule has 0 saturated heterocycles. The number of hydrogen-bond acceptors (Lipinski definition) is 3. The van der Waals surface area contributed by atoms with Crippen LogP contribution in [0.4, 0.5) is 4.39 Å². The van der Waals surface area contributed by atoms with Gasteiger partial charge in [-0.3, -0.25) is 0 Å². The lowest BCUT2D eigenvalue weighted by Crippen LogP contribution is -2.12. The van der Waals surface area contributed by atoms with E-state index in [1.54, 1.807) is 6.07 Å². The quantitative estimate of drug-likeness (QED) is 0.688. The lowest BCUT2D eigenvalue weighted by Gasteiger charge is -2.09. The summed E-state index contributed by atoms with van der Waals surface area (Å²) in [6.45, 7) is 7.19. The van der Waals surface area contributed by atoms with Crippen molar-refractivity contribution in [1.82, 2.24) is 5.32 Å². The van der Waals surface area contributed by atoms with Gasteiger partial charge in [0.1, 0.15) is 6.61 Å². The van der Waals surface area contributed by atoms with Gasteiger partial charge in [-0.05, 0) is 30.7 Å². The SMILES string of the molecule is CCCOCCOc1ccc(CNCC)cc1F. The van der Waals surface area contributed by atoms with Crippen molar-refractivity contribution in [2.75, 3.05) is 26.4 Å². The smallest absolute Gasteiger partial charge is 0.165 e. The van der Waals surface area contributed by atoms with Crippen LogP contribution in [0.1, 0.15) is 25.8 Å². The van der Waals surface area contributed by atoms with Crippen molar-refractivity contribution in [3.05, 3.63) is 29.6 Å². The second kappa shape index (κ2) is 8.89. The zero-order chi connectivity index (χ0) is 13.2. The Kier molecular flexibility index (Phi) is 7.37. The molecule has 0 aliphatic heterocycles. The van der Waals surface area contributed by atoms with Crippen LogP contribution in [0, 0.1) is 5.82 Å². The van der Waals surface area contributed by atoms with E-state index in [2.05, 4.69) is 5.32 Å². The number of halogens is 1. The van der Waals surface area contributed by atoms with E-state index in [1.165, 1.54) is 6.07 Å². The molecule has 1 N–H and O–H groups in total. The van der Waals surface area contributed by atoms with Gasteiger partial charge in [0.05, 0.1) is 6.61 Å². The molecule has 0 amide bonds. The predicted octanol–water partition coefficient (Wildman–Crippen LogP) is 2.74. The van der Waals surface area contributed by atoms with Gasteiger partial charge in [0.15, 0.2) is 11.6 Å². The summed E-state index contributed by atoms with van der Waals surface area (Å²) < 4.78 is 24.2. The van der Waals surface area contributed by atoms with E-state index >= 15 is 0 Å². The zero-order valence-electron chi connectivity index (χ0n) is 11.2. The summed E-state index contributed by atoms with van der Waals surface area (Å²) in [6.07, 6.45) is 0.980. The number of hydrogen-bond donors (Lipinski definition) is 1. The molecule has 0 bridgehead atoms. The van der Waals surface area contributed by atoms with E-state index in [0.29, 0.717) is 26.4 Å². The Hall–Kier alpha value is -1.13. The summed E-state index contributed by atoms with van der Waals surface area (Å²) in [5, 5.41) is 3.15. The molecule has 18 heavy (non-hydrogen) atoms. The first-order valence-electron chi connectivity index (χ1n) is 6.47. The minimum Gasteiger partial charge on any atom is -0.488 e. The number of ether oxygens (including phenoxy) is 2. The van der Waals surface area contributed by atoms with Gasteiger partial charge in [-0.25, -0.2) is 4.39 Å². The van der Waals surface area contributed by atoms with Crippen LogP contribution in [-0.4, -0.2) is 26.4 Å². The highest BCUT2D eigenvalue weighted by atomic mass is 19.1. The largest absolute Gasteiger partial charge is 0.488 e. The van der Waals surface area contributed by atoms with Crippen LogP contribution >= 0.6 is 0 Å². The van der Waals surface area contributed by atoms with Crippen LogP contribution in [0.2, 0.25) is 0 Å². The fraction of sp³-hybridized carbons (Fsp3) is 0.571. The first-order chi connectivity index (χ1) is 8.77. The Morgan fingerprint density at radius 2 is 2.00 bits per heavy atom. The Morgan fingerprint density at radius 1 is 1.17 bits per heavy atom. The van der Waals surface area contributed by atoms with Crippen LogP contribution in [-0.2, 0) is 11.3 Å². The highest BCUT2D eigenvalue weighted by Crippen LogP contribution is 2.18. The molecule has 0 aliphatic carbocycles. The van der Waals surface area contributed by atoms with Gasteiger partial charge < -0.3 is 14.8 Å². The molecular formula is C14H22FNO2. The van der Waals surface area contributed by atoms with E-state index in [9.17, 15) is 4.39 Å². The molecule has 0 spiro atoms. The predicted molar refractivity (Wildman–Crippen MR) is 70.4 cm³/mol. The Bertz CT molecular complexity index is 345. The number of rotatable bonds is 9. The zero-order valence-corrected chi connectivity index (χ0v) is 11.2. The highest BCUT2D eigenvalue weighted by Gasteiger charge is 2.04. The van der Waals surface area contributed by atoms with Crippen molar-refractivity contribution < 1.29 is 13.9 Å². The van der Waals surface area contributed by atoms with Crippen LogP contribution in [0.3, 0.4) is 0 Å². The molecule has 0 radical (unpaired) electrons. The second-order valence-electron chi connectivity index (χ2n) is 4.01. The fourth-order valence-corrected chi connectivity index (χ4v) is 1.50. The number of benzene rings is 1. The van der Waals surface area contributed by atoms with Gasteiger partial charge >= 0.3 is 0 Å². The van der Waals surface area contributed by atoms with Gasteiger partial charge in [0, 0.05) is 13.2 Å². The third-order valence-electron chi connectivity index (χ3n) is 2.41. The molecule has 4 heteroatoms. The molecule has 102 valence electrons. The topological polar surface area (TPSA) is 30.5 Å². The Labute approximate surface area is 108 Å². The van der Waals surface area contributed by atoms with Crippen LogP contribution < -0.4 is 10.1 Å². The summed E-state index contributed by atoms with van der Waals surface area (Å²) in [6, 6.07) is 5.04. The summed E-state index contributed by atoms with van der Waals surface area (Å²) >= 11 is 0. The third kappa shape index (κ3) is 5.47. The van der Waals surface area contributed by atoms with Crippen LogP contribution in [0.25, 0.3) is 0 Å². The first-order valence-corrected chi connectivity index (χ1v) is 6.47. The summed E-state index contributed by atoms with van der Waals surface area (Å²) in [5.41, 5.74) is 0.920. The van der Waals surface area contributed by atoms with Crippen molar-refractivity contribution in [2.24, 2.45) is 0 Å². The minimum atomic E-state index is -0.319. The van der Waals surface area contributed by atoms with E-state index < -0.39 is 0 Å².